The molecule has 2 aliphatic heterocycles. The van der Waals surface area contributed by atoms with Crippen LogP contribution in [0.2, 0.25) is 0 Å². The molecular weight excluding hydrogens is 352 g/mol. The second kappa shape index (κ2) is 7.40. The molecule has 0 aromatic heterocycles. The molecule has 4 rings (SSSR count). The molecule has 0 bridgehead atoms. The van der Waals surface area contributed by atoms with E-state index in [1.807, 2.05) is 49.4 Å². The third-order valence-electron chi connectivity index (χ3n) is 6.28. The monoisotopic (exact) mass is 378 g/mol. The standard InChI is InChI=1S/C23H26N2O3/c1-16-5-2-3-8-19(16)17-6-4-7-18(13-17)21(26)25-15-23(9-11-24-12-10-23)14-20(25)22(27)28/h2-8,13,20,24H,9-12,14-15H2,1H3,(H,27,28)/t20-/m0/s1. The highest BCUT2D eigenvalue weighted by Gasteiger charge is 2.49. The van der Waals surface area contributed by atoms with Crippen LogP contribution < -0.4 is 5.32 Å². The van der Waals surface area contributed by atoms with Crippen LogP contribution in [0.4, 0.5) is 0 Å². The maximum Gasteiger partial charge on any atom is 0.326 e. The molecule has 2 aromatic rings. The first-order valence-corrected chi connectivity index (χ1v) is 9.90. The lowest BCUT2D eigenvalue weighted by Crippen LogP contribution is -2.41. The highest BCUT2D eigenvalue weighted by atomic mass is 16.4. The number of carbonyl (C=O) groups is 2. The third kappa shape index (κ3) is 3.42. The number of carbonyl (C=O) groups excluding carboxylic acids is 1. The van der Waals surface area contributed by atoms with Gasteiger partial charge in [-0.2, -0.15) is 0 Å². The third-order valence-corrected chi connectivity index (χ3v) is 6.28. The molecule has 2 aliphatic rings. The van der Waals surface area contributed by atoms with Crippen LogP contribution in [0.3, 0.4) is 0 Å². The molecule has 1 atom stereocenters. The van der Waals surface area contributed by atoms with Crippen molar-refractivity contribution >= 4 is 11.9 Å². The fourth-order valence-electron chi connectivity index (χ4n) is 4.69. The predicted molar refractivity (Wildman–Crippen MR) is 108 cm³/mol. The van der Waals surface area contributed by atoms with Crippen LogP contribution >= 0.6 is 0 Å². The van der Waals surface area contributed by atoms with Gasteiger partial charge in [-0.1, -0.05) is 36.4 Å². The normalized spacial score (nSPS) is 21.0. The Kier molecular flexibility index (Phi) is 4.94. The lowest BCUT2D eigenvalue weighted by molar-refractivity contribution is -0.141. The molecule has 0 unspecified atom stereocenters. The fraction of sp³-hybridized carbons (Fsp3) is 0.391. The number of hydrogen-bond acceptors (Lipinski definition) is 3. The highest BCUT2D eigenvalue weighted by Crippen LogP contribution is 2.42. The molecule has 0 aliphatic carbocycles. The zero-order valence-electron chi connectivity index (χ0n) is 16.1. The number of aliphatic carboxylic acids is 1. The average molecular weight is 378 g/mol. The van der Waals surface area contributed by atoms with Gasteiger partial charge in [0.2, 0.25) is 0 Å². The molecule has 2 fully saturated rings. The number of amides is 1. The Balaban J connectivity index is 1.64. The van der Waals surface area contributed by atoms with E-state index in [0.717, 1.165) is 42.6 Å². The number of rotatable bonds is 3. The molecular formula is C23H26N2O3. The van der Waals surface area contributed by atoms with E-state index in [1.54, 1.807) is 11.0 Å². The van der Waals surface area contributed by atoms with Crippen molar-refractivity contribution in [3.63, 3.8) is 0 Å². The summed E-state index contributed by atoms with van der Waals surface area (Å²) in [6.45, 7) is 4.35. The van der Waals surface area contributed by atoms with Crippen LogP contribution in [-0.4, -0.2) is 47.6 Å². The number of nitrogens with one attached hydrogen (secondary N) is 1. The van der Waals surface area contributed by atoms with Crippen molar-refractivity contribution in [3.05, 3.63) is 59.7 Å². The topological polar surface area (TPSA) is 69.6 Å². The lowest BCUT2D eigenvalue weighted by Gasteiger charge is -2.33. The summed E-state index contributed by atoms with van der Waals surface area (Å²) in [6.07, 6.45) is 2.39. The van der Waals surface area contributed by atoms with Gasteiger partial charge in [0, 0.05) is 12.1 Å². The predicted octanol–water partition coefficient (Wildman–Crippen LogP) is 3.33. The van der Waals surface area contributed by atoms with Crippen molar-refractivity contribution in [2.45, 2.75) is 32.2 Å². The molecule has 28 heavy (non-hydrogen) atoms. The Morgan fingerprint density at radius 3 is 2.57 bits per heavy atom. The summed E-state index contributed by atoms with van der Waals surface area (Å²) in [5.41, 5.74) is 3.69. The molecule has 2 aromatic carbocycles. The minimum absolute atomic E-state index is 0.0718. The molecule has 2 saturated heterocycles. The second-order valence-electron chi connectivity index (χ2n) is 8.14. The summed E-state index contributed by atoms with van der Waals surface area (Å²) in [7, 11) is 0. The van der Waals surface area contributed by atoms with E-state index in [9.17, 15) is 14.7 Å². The fourth-order valence-corrected chi connectivity index (χ4v) is 4.69. The average Bonchev–Trinajstić information content (AvgIpc) is 3.07. The maximum absolute atomic E-state index is 13.3. The van der Waals surface area contributed by atoms with Gasteiger partial charge in [-0.3, -0.25) is 4.79 Å². The van der Waals surface area contributed by atoms with Crippen LogP contribution in [0.1, 0.15) is 35.2 Å². The smallest absolute Gasteiger partial charge is 0.326 e. The summed E-state index contributed by atoms with van der Waals surface area (Å²) in [5.74, 6) is -1.09. The van der Waals surface area contributed by atoms with E-state index >= 15 is 0 Å². The van der Waals surface area contributed by atoms with Crippen molar-refractivity contribution in [3.8, 4) is 11.1 Å². The number of hydrogen-bond donors (Lipinski definition) is 2. The SMILES string of the molecule is Cc1ccccc1-c1cccc(C(=O)N2CC3(CCNCC3)C[C@H]2C(=O)O)c1. The number of nitrogens with zero attached hydrogens (tertiary/aromatic N) is 1. The van der Waals surface area contributed by atoms with Gasteiger partial charge in [0.05, 0.1) is 0 Å². The largest absolute Gasteiger partial charge is 0.480 e. The first kappa shape index (κ1) is 18.7. The van der Waals surface area contributed by atoms with Gasteiger partial charge in [-0.05, 0) is 73.5 Å². The zero-order valence-corrected chi connectivity index (χ0v) is 16.1. The molecule has 1 amide bonds. The Bertz CT molecular complexity index is 902. The second-order valence-corrected chi connectivity index (χ2v) is 8.14. The first-order valence-electron chi connectivity index (χ1n) is 9.90. The van der Waals surface area contributed by atoms with E-state index in [2.05, 4.69) is 5.32 Å². The Morgan fingerprint density at radius 1 is 1.11 bits per heavy atom. The highest BCUT2D eigenvalue weighted by molar-refractivity contribution is 5.98. The van der Waals surface area contributed by atoms with E-state index in [4.69, 9.17) is 0 Å². The molecule has 0 radical (unpaired) electrons. The zero-order chi connectivity index (χ0) is 19.7. The minimum atomic E-state index is -0.904. The number of piperidine rings is 1. The van der Waals surface area contributed by atoms with Crippen molar-refractivity contribution in [2.75, 3.05) is 19.6 Å². The Morgan fingerprint density at radius 2 is 1.86 bits per heavy atom. The quantitative estimate of drug-likeness (QED) is 0.860. The van der Waals surface area contributed by atoms with Crippen LogP contribution in [0, 0.1) is 12.3 Å². The molecule has 2 heterocycles. The van der Waals surface area contributed by atoms with E-state index in [1.165, 1.54) is 0 Å². The molecule has 0 saturated carbocycles. The lowest BCUT2D eigenvalue weighted by atomic mass is 9.77. The van der Waals surface area contributed by atoms with Crippen molar-refractivity contribution in [1.29, 1.82) is 0 Å². The Hall–Kier alpha value is -2.66. The number of aryl methyl sites for hydroxylation is 1. The number of carboxylic acid groups (broad SMARTS) is 1. The summed E-state index contributed by atoms with van der Waals surface area (Å²) < 4.78 is 0. The van der Waals surface area contributed by atoms with E-state index < -0.39 is 12.0 Å². The van der Waals surface area contributed by atoms with Crippen molar-refractivity contribution in [1.82, 2.24) is 10.2 Å². The summed E-state index contributed by atoms with van der Waals surface area (Å²) in [6, 6.07) is 14.9. The van der Waals surface area contributed by atoms with Crippen molar-refractivity contribution in [2.24, 2.45) is 5.41 Å². The van der Waals surface area contributed by atoms with Gasteiger partial charge in [0.15, 0.2) is 0 Å². The van der Waals surface area contributed by atoms with Crippen LogP contribution in [0.25, 0.3) is 11.1 Å². The molecule has 1 spiro atoms. The summed E-state index contributed by atoms with van der Waals surface area (Å²) in [4.78, 5) is 26.8. The summed E-state index contributed by atoms with van der Waals surface area (Å²) in [5, 5.41) is 13.1. The number of carboxylic acids is 1. The maximum atomic E-state index is 13.3. The van der Waals surface area contributed by atoms with Gasteiger partial charge >= 0.3 is 5.97 Å². The van der Waals surface area contributed by atoms with Gasteiger partial charge in [0.25, 0.3) is 5.91 Å². The molecule has 5 heteroatoms. The first-order chi connectivity index (χ1) is 13.5. The minimum Gasteiger partial charge on any atom is -0.480 e. The van der Waals surface area contributed by atoms with Gasteiger partial charge in [-0.15, -0.1) is 0 Å². The van der Waals surface area contributed by atoms with Gasteiger partial charge < -0.3 is 15.3 Å². The van der Waals surface area contributed by atoms with Crippen LogP contribution in [0.15, 0.2) is 48.5 Å². The van der Waals surface area contributed by atoms with Crippen molar-refractivity contribution < 1.29 is 14.7 Å². The molecule has 5 nitrogen and oxygen atoms in total. The molecule has 2 N–H and O–H groups in total. The van der Waals surface area contributed by atoms with Gasteiger partial charge in [-0.25, -0.2) is 4.79 Å². The van der Waals surface area contributed by atoms with Gasteiger partial charge in [0.1, 0.15) is 6.04 Å². The summed E-state index contributed by atoms with van der Waals surface area (Å²) >= 11 is 0. The molecule has 146 valence electrons. The number of likely N-dealkylation sites (tertiary alicyclic amines) is 1. The Labute approximate surface area is 165 Å². The van der Waals surface area contributed by atoms with Crippen LogP contribution in [0.5, 0.6) is 0 Å². The van der Waals surface area contributed by atoms with E-state index in [-0.39, 0.29) is 11.3 Å². The van der Waals surface area contributed by atoms with Crippen LogP contribution in [-0.2, 0) is 4.79 Å². The number of benzene rings is 2. The van der Waals surface area contributed by atoms with E-state index in [0.29, 0.717) is 18.5 Å².